The summed E-state index contributed by atoms with van der Waals surface area (Å²) in [6.07, 6.45) is 0.639. The highest BCUT2D eigenvalue weighted by molar-refractivity contribution is 5.86. The van der Waals surface area contributed by atoms with E-state index in [0.717, 1.165) is 47.2 Å². The second-order valence-electron chi connectivity index (χ2n) is 6.36. The number of aromatic nitrogens is 2. The Bertz CT molecular complexity index is 768. The lowest BCUT2D eigenvalue weighted by Crippen LogP contribution is -2.26. The zero-order valence-electron chi connectivity index (χ0n) is 14.6. The van der Waals surface area contributed by atoms with Gasteiger partial charge in [0.05, 0.1) is 24.5 Å². The van der Waals surface area contributed by atoms with Gasteiger partial charge in [-0.3, -0.25) is 0 Å². The first-order valence-corrected chi connectivity index (χ1v) is 8.72. The van der Waals surface area contributed by atoms with Crippen molar-refractivity contribution in [3.8, 4) is 17.0 Å². The minimum absolute atomic E-state index is 0.0849. The quantitative estimate of drug-likeness (QED) is 0.865. The molecule has 2 unspecified atom stereocenters. The van der Waals surface area contributed by atoms with Gasteiger partial charge in [0.25, 0.3) is 0 Å². The molecule has 1 fully saturated rings. The third kappa shape index (κ3) is 2.88. The maximum absolute atomic E-state index is 6.30. The molecule has 134 valence electrons. The largest absolute Gasteiger partial charge is 0.487 e. The smallest absolute Gasteiger partial charge is 0.135 e. The second kappa shape index (κ2) is 6.67. The van der Waals surface area contributed by atoms with E-state index in [-0.39, 0.29) is 12.3 Å². The van der Waals surface area contributed by atoms with Gasteiger partial charge in [-0.05, 0) is 19.1 Å². The van der Waals surface area contributed by atoms with Crippen LogP contribution in [-0.2, 0) is 23.1 Å². The maximum atomic E-state index is 6.30. The van der Waals surface area contributed by atoms with Crippen LogP contribution in [0.5, 0.6) is 5.75 Å². The number of nitrogens with two attached hydrogens (primary N) is 1. The molecular formula is C18H24N4O3. The molecule has 7 heteroatoms. The lowest BCUT2D eigenvalue weighted by Gasteiger charge is -2.27. The van der Waals surface area contributed by atoms with E-state index in [1.165, 1.54) is 0 Å². The van der Waals surface area contributed by atoms with Crippen molar-refractivity contribution in [2.24, 2.45) is 12.8 Å². The maximum Gasteiger partial charge on any atom is 0.135 e. The third-order valence-corrected chi connectivity index (χ3v) is 4.70. The summed E-state index contributed by atoms with van der Waals surface area (Å²) in [5.41, 5.74) is 10.1. The van der Waals surface area contributed by atoms with Crippen LogP contribution in [-0.4, -0.2) is 35.5 Å². The van der Waals surface area contributed by atoms with Crippen LogP contribution >= 0.6 is 0 Å². The van der Waals surface area contributed by atoms with Crippen molar-refractivity contribution in [1.29, 1.82) is 0 Å². The third-order valence-electron chi connectivity index (χ3n) is 4.70. The average molecular weight is 344 g/mol. The summed E-state index contributed by atoms with van der Waals surface area (Å²) in [5.74, 6) is 1.69. The van der Waals surface area contributed by atoms with Crippen LogP contribution in [0.1, 0.15) is 31.0 Å². The van der Waals surface area contributed by atoms with Gasteiger partial charge in [0.15, 0.2) is 0 Å². The van der Waals surface area contributed by atoms with Crippen molar-refractivity contribution >= 4 is 5.69 Å². The first-order valence-electron chi connectivity index (χ1n) is 8.72. The molecule has 0 amide bonds. The van der Waals surface area contributed by atoms with Gasteiger partial charge in [-0.25, -0.2) is 4.98 Å². The molecule has 2 aliphatic heterocycles. The van der Waals surface area contributed by atoms with Gasteiger partial charge < -0.3 is 29.8 Å². The van der Waals surface area contributed by atoms with Crippen molar-refractivity contribution in [3.63, 3.8) is 0 Å². The number of fused-ring (bicyclic) bond motifs is 3. The van der Waals surface area contributed by atoms with Crippen LogP contribution in [0.25, 0.3) is 11.3 Å². The highest BCUT2D eigenvalue weighted by Gasteiger charge is 2.31. The number of nitrogens with zero attached hydrogens (tertiary/aromatic N) is 2. The molecule has 1 aromatic carbocycles. The number of benzene rings is 1. The molecule has 2 aliphatic rings. The monoisotopic (exact) mass is 344 g/mol. The van der Waals surface area contributed by atoms with Crippen molar-refractivity contribution in [3.05, 3.63) is 29.7 Å². The summed E-state index contributed by atoms with van der Waals surface area (Å²) < 4.78 is 19.3. The Morgan fingerprint density at radius 2 is 2.32 bits per heavy atom. The first-order chi connectivity index (χ1) is 12.2. The highest BCUT2D eigenvalue weighted by Crippen LogP contribution is 2.44. The Kier molecular flexibility index (Phi) is 4.37. The van der Waals surface area contributed by atoms with E-state index in [0.29, 0.717) is 19.8 Å². The van der Waals surface area contributed by atoms with Crippen molar-refractivity contribution in [2.45, 2.75) is 32.2 Å². The van der Waals surface area contributed by atoms with Crippen LogP contribution in [0.3, 0.4) is 0 Å². The molecule has 0 spiro atoms. The van der Waals surface area contributed by atoms with Gasteiger partial charge in [0.1, 0.15) is 36.1 Å². The van der Waals surface area contributed by atoms with Crippen LogP contribution in [0, 0.1) is 0 Å². The fraction of sp³-hybridized carbons (Fsp3) is 0.500. The van der Waals surface area contributed by atoms with Crippen molar-refractivity contribution in [2.75, 3.05) is 25.1 Å². The van der Waals surface area contributed by atoms with Gasteiger partial charge >= 0.3 is 0 Å². The number of rotatable bonds is 5. The summed E-state index contributed by atoms with van der Waals surface area (Å²) in [6, 6.07) is 5.99. The number of imidazole rings is 1. The Morgan fingerprint density at radius 1 is 1.44 bits per heavy atom. The van der Waals surface area contributed by atoms with E-state index in [4.69, 9.17) is 24.9 Å². The molecule has 4 rings (SSSR count). The fourth-order valence-electron chi connectivity index (χ4n) is 3.42. The summed E-state index contributed by atoms with van der Waals surface area (Å²) in [5, 5.41) is 3.33. The van der Waals surface area contributed by atoms with Gasteiger partial charge in [-0.1, -0.05) is 6.07 Å². The summed E-state index contributed by atoms with van der Waals surface area (Å²) >= 11 is 0. The number of nitrogens with one attached hydrogen (secondary N) is 1. The number of ether oxygens (including phenoxy) is 3. The summed E-state index contributed by atoms with van der Waals surface area (Å²) in [7, 11) is 2.00. The molecule has 0 saturated carbocycles. The van der Waals surface area contributed by atoms with E-state index in [9.17, 15) is 0 Å². The molecule has 25 heavy (non-hydrogen) atoms. The zero-order valence-corrected chi connectivity index (χ0v) is 14.6. The van der Waals surface area contributed by atoms with Gasteiger partial charge in [-0.2, -0.15) is 0 Å². The average Bonchev–Trinajstić information content (AvgIpc) is 3.22. The summed E-state index contributed by atoms with van der Waals surface area (Å²) in [6.45, 7) is 4.46. The fourth-order valence-corrected chi connectivity index (χ4v) is 3.42. The predicted molar refractivity (Wildman–Crippen MR) is 94.4 cm³/mol. The number of anilines is 1. The normalized spacial score (nSPS) is 21.6. The number of hydrogen-bond acceptors (Lipinski definition) is 6. The van der Waals surface area contributed by atoms with E-state index in [2.05, 4.69) is 9.88 Å². The molecule has 1 aromatic heterocycles. The molecule has 0 bridgehead atoms. The molecule has 2 aromatic rings. The Labute approximate surface area is 147 Å². The van der Waals surface area contributed by atoms with Gasteiger partial charge in [0, 0.05) is 25.8 Å². The van der Waals surface area contributed by atoms with E-state index in [1.54, 1.807) is 0 Å². The van der Waals surface area contributed by atoms with Crippen LogP contribution < -0.4 is 15.8 Å². The predicted octanol–water partition coefficient (Wildman–Crippen LogP) is 2.17. The van der Waals surface area contributed by atoms with Gasteiger partial charge in [0.2, 0.25) is 0 Å². The van der Waals surface area contributed by atoms with Gasteiger partial charge in [-0.15, -0.1) is 0 Å². The van der Waals surface area contributed by atoms with Crippen LogP contribution in [0.4, 0.5) is 5.69 Å². The molecule has 3 N–H and O–H groups in total. The van der Waals surface area contributed by atoms with E-state index in [1.807, 2.05) is 32.2 Å². The lowest BCUT2D eigenvalue weighted by atomic mass is 10.0. The zero-order chi connectivity index (χ0) is 17.4. The first kappa shape index (κ1) is 16.4. The molecular weight excluding hydrogens is 320 g/mol. The SMILES string of the molecule is CCOCc1nc2c(n1C)-c1c(cccc1OC1CCOC1)NC2N. The highest BCUT2D eigenvalue weighted by atomic mass is 16.5. The van der Waals surface area contributed by atoms with Crippen LogP contribution in [0.2, 0.25) is 0 Å². The minimum atomic E-state index is -0.353. The topological polar surface area (TPSA) is 83.6 Å². The molecule has 0 radical (unpaired) electrons. The van der Waals surface area contributed by atoms with Crippen molar-refractivity contribution in [1.82, 2.24) is 9.55 Å². The Morgan fingerprint density at radius 3 is 3.08 bits per heavy atom. The molecule has 0 aliphatic carbocycles. The molecule has 1 saturated heterocycles. The summed E-state index contributed by atoms with van der Waals surface area (Å²) in [4.78, 5) is 4.71. The Hall–Kier alpha value is -2.09. The second-order valence-corrected chi connectivity index (χ2v) is 6.36. The van der Waals surface area contributed by atoms with Crippen molar-refractivity contribution < 1.29 is 14.2 Å². The molecule has 7 nitrogen and oxygen atoms in total. The lowest BCUT2D eigenvalue weighted by molar-refractivity contribution is 0.126. The number of hydrogen-bond donors (Lipinski definition) is 2. The molecule has 2 atom stereocenters. The standard InChI is InChI=1S/C18H24N4O3/c1-3-23-10-14-21-16-17(22(14)2)15-12(20-18(16)19)5-4-6-13(15)25-11-7-8-24-9-11/h4-6,11,18,20H,3,7-10,19H2,1-2H3. The molecule has 3 heterocycles. The minimum Gasteiger partial charge on any atom is -0.487 e. The van der Waals surface area contributed by atoms with E-state index >= 15 is 0 Å². The van der Waals surface area contributed by atoms with E-state index < -0.39 is 0 Å². The van der Waals surface area contributed by atoms with Crippen LogP contribution in [0.15, 0.2) is 18.2 Å². The Balaban J connectivity index is 1.78.